The molecule has 0 amide bonds. The van der Waals surface area contributed by atoms with Gasteiger partial charge >= 0.3 is 0 Å². The summed E-state index contributed by atoms with van der Waals surface area (Å²) in [5, 5.41) is 6.86. The maximum atomic E-state index is 14.1. The fourth-order valence-electron chi connectivity index (χ4n) is 4.30. The lowest BCUT2D eigenvalue weighted by molar-refractivity contribution is 0.0915. The van der Waals surface area contributed by atoms with Gasteiger partial charge in [0.05, 0.1) is 11.8 Å². The molecule has 2 heterocycles. The van der Waals surface area contributed by atoms with Crippen LogP contribution in [0.1, 0.15) is 24.5 Å². The van der Waals surface area contributed by atoms with Gasteiger partial charge in [-0.2, -0.15) is 0 Å². The van der Waals surface area contributed by atoms with Crippen LogP contribution in [0.5, 0.6) is 0 Å². The second-order valence-electron chi connectivity index (χ2n) is 7.88. The summed E-state index contributed by atoms with van der Waals surface area (Å²) < 4.78 is 33.2. The molecule has 31 heavy (non-hydrogen) atoms. The first kappa shape index (κ1) is 23.7. The highest BCUT2D eigenvalue weighted by Gasteiger charge is 2.30. The smallest absolute Gasteiger partial charge is 0.191 e. The molecule has 4 rings (SSSR count). The van der Waals surface area contributed by atoms with E-state index in [1.54, 1.807) is 7.05 Å². The van der Waals surface area contributed by atoms with Crippen molar-refractivity contribution in [3.63, 3.8) is 0 Å². The van der Waals surface area contributed by atoms with Gasteiger partial charge in [-0.05, 0) is 30.5 Å². The zero-order chi connectivity index (χ0) is 20.9. The maximum Gasteiger partial charge on any atom is 0.191 e. The molecular weight excluding hydrogens is 513 g/mol. The highest BCUT2D eigenvalue weighted by molar-refractivity contribution is 14.0. The first-order chi connectivity index (χ1) is 14.6. The van der Waals surface area contributed by atoms with Crippen LogP contribution in [0.3, 0.4) is 0 Å². The molecule has 2 aromatic rings. The number of hydrogen-bond donors (Lipinski definition) is 2. The highest BCUT2D eigenvalue weighted by Crippen LogP contribution is 2.33. The fraction of sp³-hybridized carbons (Fsp3) is 0.435. The minimum atomic E-state index is -0.556. The number of anilines is 1. The summed E-state index contributed by atoms with van der Waals surface area (Å²) in [6.45, 7) is 2.88. The van der Waals surface area contributed by atoms with Gasteiger partial charge in [0.15, 0.2) is 5.96 Å². The molecule has 2 N–H and O–H groups in total. The van der Waals surface area contributed by atoms with Crippen molar-refractivity contribution in [2.24, 2.45) is 10.9 Å². The molecule has 2 saturated heterocycles. The molecular formula is C23H29F2IN4O. The quantitative estimate of drug-likeness (QED) is 0.340. The van der Waals surface area contributed by atoms with Gasteiger partial charge < -0.3 is 20.3 Å². The van der Waals surface area contributed by atoms with Crippen molar-refractivity contribution >= 4 is 35.6 Å². The van der Waals surface area contributed by atoms with Crippen molar-refractivity contribution in [1.29, 1.82) is 0 Å². The molecule has 8 heteroatoms. The molecule has 3 atom stereocenters. The summed E-state index contributed by atoms with van der Waals surface area (Å²) in [6.07, 6.45) is 1.96. The normalized spacial score (nSPS) is 23.5. The number of rotatable bonds is 5. The summed E-state index contributed by atoms with van der Waals surface area (Å²) in [4.78, 5) is 6.29. The van der Waals surface area contributed by atoms with Crippen LogP contribution in [0, 0.1) is 17.6 Å². The van der Waals surface area contributed by atoms with Crippen LogP contribution in [-0.4, -0.2) is 45.3 Å². The van der Waals surface area contributed by atoms with Crippen LogP contribution >= 0.6 is 24.0 Å². The fourth-order valence-corrected chi connectivity index (χ4v) is 4.30. The maximum absolute atomic E-state index is 14.1. The average molecular weight is 542 g/mol. The van der Waals surface area contributed by atoms with Crippen LogP contribution in [0.25, 0.3) is 0 Å². The predicted octanol–water partition coefficient (Wildman–Crippen LogP) is 4.10. The lowest BCUT2D eigenvalue weighted by Gasteiger charge is -2.23. The summed E-state index contributed by atoms with van der Waals surface area (Å²) in [5.41, 5.74) is 1.65. The van der Waals surface area contributed by atoms with Crippen molar-refractivity contribution in [3.8, 4) is 0 Å². The lowest BCUT2D eigenvalue weighted by Crippen LogP contribution is -2.46. The SMILES string of the molecule is CN=C(NCC1CCOC1c1ccccc1)NC1CCN(c2ccc(F)cc2F)C1.I. The van der Waals surface area contributed by atoms with E-state index in [4.69, 9.17) is 4.74 Å². The Morgan fingerprint density at radius 1 is 1.16 bits per heavy atom. The van der Waals surface area contributed by atoms with Crippen molar-refractivity contribution in [2.45, 2.75) is 25.0 Å². The van der Waals surface area contributed by atoms with Gasteiger partial charge in [0.1, 0.15) is 11.6 Å². The van der Waals surface area contributed by atoms with Crippen LogP contribution in [0.15, 0.2) is 53.5 Å². The van der Waals surface area contributed by atoms with E-state index in [0.29, 0.717) is 24.7 Å². The molecule has 0 aromatic heterocycles. The first-order valence-corrected chi connectivity index (χ1v) is 10.5. The zero-order valence-corrected chi connectivity index (χ0v) is 19.9. The molecule has 0 aliphatic carbocycles. The Labute approximate surface area is 199 Å². The van der Waals surface area contributed by atoms with Gasteiger partial charge in [-0.25, -0.2) is 8.78 Å². The lowest BCUT2D eigenvalue weighted by atomic mass is 9.95. The Morgan fingerprint density at radius 3 is 2.71 bits per heavy atom. The first-order valence-electron chi connectivity index (χ1n) is 10.5. The number of guanidine groups is 1. The predicted molar refractivity (Wildman–Crippen MR) is 130 cm³/mol. The molecule has 0 bridgehead atoms. The summed E-state index contributed by atoms with van der Waals surface area (Å²) in [6, 6.07) is 14.2. The number of ether oxygens (including phenoxy) is 1. The molecule has 5 nitrogen and oxygen atoms in total. The van der Waals surface area contributed by atoms with Crippen LogP contribution in [0.4, 0.5) is 14.5 Å². The Bertz CT molecular complexity index is 883. The molecule has 0 spiro atoms. The van der Waals surface area contributed by atoms with Crippen LogP contribution in [-0.2, 0) is 4.74 Å². The third-order valence-electron chi connectivity index (χ3n) is 5.88. The van der Waals surface area contributed by atoms with Crippen LogP contribution in [0.2, 0.25) is 0 Å². The van der Waals surface area contributed by atoms with E-state index in [1.165, 1.54) is 17.7 Å². The Hall–Kier alpha value is -1.94. The largest absolute Gasteiger partial charge is 0.373 e. The van der Waals surface area contributed by atoms with E-state index in [1.807, 2.05) is 23.1 Å². The molecule has 0 saturated carbocycles. The zero-order valence-electron chi connectivity index (χ0n) is 17.6. The summed E-state index contributed by atoms with van der Waals surface area (Å²) in [5.74, 6) is 0.0326. The average Bonchev–Trinajstić information content (AvgIpc) is 3.41. The summed E-state index contributed by atoms with van der Waals surface area (Å²) >= 11 is 0. The minimum absolute atomic E-state index is 0. The van der Waals surface area contributed by atoms with Crippen LogP contribution < -0.4 is 15.5 Å². The topological polar surface area (TPSA) is 48.9 Å². The van der Waals surface area contributed by atoms with Gasteiger partial charge in [0, 0.05) is 51.3 Å². The second-order valence-corrected chi connectivity index (χ2v) is 7.88. The van der Waals surface area contributed by atoms with E-state index in [0.717, 1.165) is 38.0 Å². The number of aliphatic imine (C=N–C) groups is 1. The third kappa shape index (κ3) is 5.85. The minimum Gasteiger partial charge on any atom is -0.373 e. The number of benzene rings is 2. The molecule has 168 valence electrons. The second kappa shape index (κ2) is 11.1. The van der Waals surface area contributed by atoms with Gasteiger partial charge in [-0.3, -0.25) is 4.99 Å². The van der Waals surface area contributed by atoms with Crippen molar-refractivity contribution in [1.82, 2.24) is 10.6 Å². The third-order valence-corrected chi connectivity index (χ3v) is 5.88. The van der Waals surface area contributed by atoms with E-state index < -0.39 is 11.6 Å². The van der Waals surface area contributed by atoms with E-state index in [9.17, 15) is 8.78 Å². The van der Waals surface area contributed by atoms with Crippen molar-refractivity contribution in [3.05, 3.63) is 65.7 Å². The Balaban J connectivity index is 0.00000272. The van der Waals surface area contributed by atoms with Gasteiger partial charge in [-0.1, -0.05) is 30.3 Å². The molecule has 2 fully saturated rings. The van der Waals surface area contributed by atoms with E-state index in [-0.39, 0.29) is 36.1 Å². The number of nitrogens with zero attached hydrogens (tertiary/aromatic N) is 2. The monoisotopic (exact) mass is 542 g/mol. The summed E-state index contributed by atoms with van der Waals surface area (Å²) in [7, 11) is 1.75. The molecule has 2 aliphatic rings. The van der Waals surface area contributed by atoms with Gasteiger partial charge in [-0.15, -0.1) is 24.0 Å². The van der Waals surface area contributed by atoms with Gasteiger partial charge in [0.2, 0.25) is 0 Å². The Kier molecular flexibility index (Phi) is 8.48. The highest BCUT2D eigenvalue weighted by atomic mass is 127. The molecule has 2 aliphatic heterocycles. The number of hydrogen-bond acceptors (Lipinski definition) is 3. The van der Waals surface area contributed by atoms with E-state index in [2.05, 4.69) is 27.8 Å². The molecule has 2 aromatic carbocycles. The van der Waals surface area contributed by atoms with E-state index >= 15 is 0 Å². The molecule has 3 unspecified atom stereocenters. The Morgan fingerprint density at radius 2 is 1.97 bits per heavy atom. The van der Waals surface area contributed by atoms with Crippen molar-refractivity contribution < 1.29 is 13.5 Å². The standard InChI is InChI=1S/C23H28F2N4O.HI/c1-26-23(27-14-17-10-12-30-22(17)16-5-3-2-4-6-16)28-19-9-11-29(15-19)21-8-7-18(24)13-20(21)25;/h2-8,13,17,19,22H,9-12,14-15H2,1H3,(H2,26,27,28);1H. The molecule has 0 radical (unpaired) electrons. The van der Waals surface area contributed by atoms with Crippen molar-refractivity contribution in [2.75, 3.05) is 38.2 Å². The number of nitrogens with one attached hydrogen (secondary N) is 2. The number of halogens is 3. The van der Waals surface area contributed by atoms with Gasteiger partial charge in [0.25, 0.3) is 0 Å².